The summed E-state index contributed by atoms with van der Waals surface area (Å²) in [6, 6.07) is 11.1. The average Bonchev–Trinajstić information content (AvgIpc) is 3.32. The van der Waals surface area contributed by atoms with Crippen LogP contribution in [-0.2, 0) is 12.7 Å². The molecule has 0 atom stereocenters. The number of carbonyl (C=O) groups is 1. The predicted octanol–water partition coefficient (Wildman–Crippen LogP) is 3.01. The third-order valence-electron chi connectivity index (χ3n) is 5.54. The topological polar surface area (TPSA) is 77.2 Å². The number of hydrogen-bond donors (Lipinski definition) is 0. The van der Waals surface area contributed by atoms with E-state index in [0.29, 0.717) is 23.3 Å². The van der Waals surface area contributed by atoms with Crippen molar-refractivity contribution in [3.8, 4) is 5.69 Å². The second-order valence-corrected chi connectivity index (χ2v) is 7.97. The summed E-state index contributed by atoms with van der Waals surface area (Å²) in [5.74, 6) is -0.643. The molecule has 0 spiro atoms. The predicted molar refractivity (Wildman–Crippen MR) is 115 cm³/mol. The zero-order valence-electron chi connectivity index (χ0n) is 17.8. The lowest BCUT2D eigenvalue weighted by molar-refractivity contribution is -0.137. The molecule has 0 N–H and O–H groups in total. The lowest BCUT2D eigenvalue weighted by Crippen LogP contribution is -2.46. The molecule has 0 saturated carbocycles. The second kappa shape index (κ2) is 8.68. The van der Waals surface area contributed by atoms with E-state index in [-0.39, 0.29) is 12.2 Å². The van der Waals surface area contributed by atoms with Crippen LogP contribution in [0.15, 0.2) is 58.1 Å². The molecule has 7 nitrogen and oxygen atoms in total. The fraction of sp³-hybridized carbons (Fsp3) is 0.304. The summed E-state index contributed by atoms with van der Waals surface area (Å²) in [4.78, 5) is 40.8. The van der Waals surface area contributed by atoms with Gasteiger partial charge in [0.05, 0.1) is 17.8 Å². The largest absolute Gasteiger partial charge is 0.416 e. The van der Waals surface area contributed by atoms with Crippen LogP contribution in [0.3, 0.4) is 0 Å². The van der Waals surface area contributed by atoms with E-state index in [1.807, 2.05) is 19.1 Å². The lowest BCUT2D eigenvalue weighted by Gasteiger charge is -2.17. The number of likely N-dealkylation sites (tertiary alicyclic amines) is 1. The number of aryl methyl sites for hydroxylation is 1. The molecular weight excluding hydrogens is 437 g/mol. The van der Waals surface area contributed by atoms with E-state index >= 15 is 0 Å². The summed E-state index contributed by atoms with van der Waals surface area (Å²) in [5.41, 5.74) is -1.87. The third-order valence-corrected chi connectivity index (χ3v) is 5.54. The van der Waals surface area contributed by atoms with Gasteiger partial charge >= 0.3 is 11.9 Å². The first kappa shape index (κ1) is 22.5. The lowest BCUT2D eigenvalue weighted by atomic mass is 10.1. The highest BCUT2D eigenvalue weighted by atomic mass is 19.4. The van der Waals surface area contributed by atoms with E-state index in [2.05, 4.69) is 5.10 Å². The molecule has 10 heteroatoms. The quantitative estimate of drug-likeness (QED) is 0.602. The molecule has 0 aliphatic carbocycles. The number of rotatable bonds is 4. The van der Waals surface area contributed by atoms with E-state index in [9.17, 15) is 27.6 Å². The molecule has 0 unspecified atom stereocenters. The first-order valence-electron chi connectivity index (χ1n) is 10.4. The first-order valence-corrected chi connectivity index (χ1v) is 10.4. The van der Waals surface area contributed by atoms with Crippen molar-refractivity contribution < 1.29 is 18.0 Å². The number of alkyl halides is 3. The van der Waals surface area contributed by atoms with Crippen LogP contribution < -0.4 is 11.2 Å². The minimum Gasteiger partial charge on any atom is -0.337 e. The van der Waals surface area contributed by atoms with Gasteiger partial charge in [-0.1, -0.05) is 35.9 Å². The Morgan fingerprint density at radius 3 is 2.33 bits per heavy atom. The maximum Gasteiger partial charge on any atom is 0.416 e. The zero-order valence-corrected chi connectivity index (χ0v) is 17.8. The fourth-order valence-electron chi connectivity index (χ4n) is 3.72. The number of benzene rings is 2. The number of hydrogen-bond acceptors (Lipinski definition) is 4. The number of halogens is 3. The molecule has 4 rings (SSSR count). The Hall–Kier alpha value is -3.69. The first-order chi connectivity index (χ1) is 15.6. The highest BCUT2D eigenvalue weighted by Gasteiger charge is 2.31. The van der Waals surface area contributed by atoms with Gasteiger partial charge in [-0.3, -0.25) is 14.2 Å². The van der Waals surface area contributed by atoms with E-state index < -0.39 is 34.6 Å². The highest BCUT2D eigenvalue weighted by molar-refractivity contribution is 5.92. The molecule has 2 heterocycles. The van der Waals surface area contributed by atoms with Crippen LogP contribution >= 0.6 is 0 Å². The van der Waals surface area contributed by atoms with Crippen molar-refractivity contribution in [2.45, 2.75) is 32.5 Å². The number of amides is 1. The van der Waals surface area contributed by atoms with Gasteiger partial charge in [-0.25, -0.2) is 4.79 Å². The summed E-state index contributed by atoms with van der Waals surface area (Å²) >= 11 is 0. The van der Waals surface area contributed by atoms with Crippen molar-refractivity contribution in [3.63, 3.8) is 0 Å². The van der Waals surface area contributed by atoms with Gasteiger partial charge in [0.2, 0.25) is 5.69 Å². The molecule has 172 valence electrons. The van der Waals surface area contributed by atoms with Gasteiger partial charge in [-0.15, -0.1) is 0 Å². The van der Waals surface area contributed by atoms with Crippen LogP contribution in [0.5, 0.6) is 0 Å². The maximum absolute atomic E-state index is 13.2. The molecule has 3 aromatic rings. The van der Waals surface area contributed by atoms with Crippen LogP contribution in [0.25, 0.3) is 5.69 Å². The van der Waals surface area contributed by atoms with Gasteiger partial charge < -0.3 is 4.90 Å². The molecule has 1 aliphatic heterocycles. The molecule has 0 bridgehead atoms. The Balaban J connectivity index is 1.90. The Kier molecular flexibility index (Phi) is 5.92. The molecule has 1 aromatic heterocycles. The molecule has 33 heavy (non-hydrogen) atoms. The van der Waals surface area contributed by atoms with Crippen LogP contribution in [0.1, 0.15) is 40.0 Å². The number of carbonyl (C=O) groups excluding carboxylic acids is 1. The molecule has 1 saturated heterocycles. The summed E-state index contributed by atoms with van der Waals surface area (Å²) < 4.78 is 41.2. The Bertz CT molecular complexity index is 1300. The van der Waals surface area contributed by atoms with Crippen molar-refractivity contribution in [1.29, 1.82) is 0 Å². The molecular formula is C23H21F3N4O3. The number of nitrogens with zero attached hydrogens (tertiary/aromatic N) is 4. The van der Waals surface area contributed by atoms with Gasteiger partial charge in [-0.05, 0) is 43.5 Å². The molecule has 0 radical (unpaired) electrons. The zero-order chi connectivity index (χ0) is 23.8. The van der Waals surface area contributed by atoms with Gasteiger partial charge in [0.25, 0.3) is 11.5 Å². The Morgan fingerprint density at radius 2 is 1.70 bits per heavy atom. The summed E-state index contributed by atoms with van der Waals surface area (Å²) in [6.45, 7) is 2.62. The van der Waals surface area contributed by atoms with Crippen molar-refractivity contribution in [3.05, 3.63) is 91.8 Å². The molecule has 1 fully saturated rings. The van der Waals surface area contributed by atoms with E-state index in [1.165, 1.54) is 11.0 Å². The summed E-state index contributed by atoms with van der Waals surface area (Å²) in [7, 11) is 0. The van der Waals surface area contributed by atoms with Gasteiger partial charge in [0.1, 0.15) is 0 Å². The standard InChI is InChI=1S/C23H21F3N4O3/c1-15-7-9-16(10-8-15)14-29-21(32)19(20(31)28-11-2-3-12-28)27-30(22(29)33)18-6-4-5-17(13-18)23(24,25)26/h4-10,13H,2-3,11-12,14H2,1H3. The Morgan fingerprint density at radius 1 is 1.03 bits per heavy atom. The van der Waals surface area contributed by atoms with Crippen molar-refractivity contribution in [1.82, 2.24) is 19.2 Å². The minimum absolute atomic E-state index is 0.153. The van der Waals surface area contributed by atoms with Crippen LogP contribution in [-0.4, -0.2) is 38.2 Å². The fourth-order valence-corrected chi connectivity index (χ4v) is 3.72. The van der Waals surface area contributed by atoms with E-state index in [0.717, 1.165) is 41.2 Å². The van der Waals surface area contributed by atoms with Gasteiger partial charge in [0.15, 0.2) is 0 Å². The average molecular weight is 458 g/mol. The van der Waals surface area contributed by atoms with Crippen LogP contribution in [0, 0.1) is 6.92 Å². The van der Waals surface area contributed by atoms with Gasteiger partial charge in [0, 0.05) is 13.1 Å². The summed E-state index contributed by atoms with van der Waals surface area (Å²) in [5, 5.41) is 3.94. The molecule has 2 aromatic carbocycles. The van der Waals surface area contributed by atoms with E-state index in [4.69, 9.17) is 0 Å². The number of aromatic nitrogens is 3. The van der Waals surface area contributed by atoms with Gasteiger partial charge in [-0.2, -0.15) is 23.0 Å². The Labute approximate surface area is 186 Å². The van der Waals surface area contributed by atoms with Crippen molar-refractivity contribution in [2.24, 2.45) is 0 Å². The normalized spacial score (nSPS) is 14.0. The third kappa shape index (κ3) is 4.59. The van der Waals surface area contributed by atoms with Crippen LogP contribution in [0.4, 0.5) is 13.2 Å². The molecule has 1 aliphatic rings. The maximum atomic E-state index is 13.2. The summed E-state index contributed by atoms with van der Waals surface area (Å²) in [6.07, 6.45) is -3.09. The van der Waals surface area contributed by atoms with Crippen LogP contribution in [0.2, 0.25) is 0 Å². The van der Waals surface area contributed by atoms with Crippen molar-refractivity contribution >= 4 is 5.91 Å². The van der Waals surface area contributed by atoms with Crippen molar-refractivity contribution in [2.75, 3.05) is 13.1 Å². The smallest absolute Gasteiger partial charge is 0.337 e. The molecule has 1 amide bonds. The SMILES string of the molecule is Cc1ccc(Cn2c(=O)c(C(=O)N3CCCC3)nn(-c3cccc(C(F)(F)F)c3)c2=O)cc1. The minimum atomic E-state index is -4.63. The highest BCUT2D eigenvalue weighted by Crippen LogP contribution is 2.30. The second-order valence-electron chi connectivity index (χ2n) is 7.97. The van der Waals surface area contributed by atoms with E-state index in [1.54, 1.807) is 12.1 Å². The monoisotopic (exact) mass is 458 g/mol.